The number of aryl methyl sites for hydroxylation is 1. The Morgan fingerprint density at radius 1 is 1.00 bits per heavy atom. The Balaban J connectivity index is 2.19. The molecule has 0 amide bonds. The van der Waals surface area contributed by atoms with Crippen LogP contribution in [-0.2, 0) is 12.0 Å². The van der Waals surface area contributed by atoms with Crippen LogP contribution < -0.4 is 5.73 Å². The van der Waals surface area contributed by atoms with Crippen molar-refractivity contribution in [1.82, 2.24) is 0 Å². The van der Waals surface area contributed by atoms with E-state index in [1.54, 1.807) is 0 Å². The molecule has 1 nitrogen and oxygen atoms in total. The predicted octanol–water partition coefficient (Wildman–Crippen LogP) is 3.50. The molecule has 1 aliphatic rings. The lowest BCUT2D eigenvalue weighted by Crippen LogP contribution is -2.42. The van der Waals surface area contributed by atoms with E-state index in [1.807, 2.05) is 24.3 Å². The Labute approximate surface area is 111 Å². The highest BCUT2D eigenvalue weighted by Crippen LogP contribution is 2.39. The van der Waals surface area contributed by atoms with Crippen molar-refractivity contribution < 1.29 is 8.78 Å². The summed E-state index contributed by atoms with van der Waals surface area (Å²) in [6.07, 6.45) is 2.54. The van der Waals surface area contributed by atoms with Gasteiger partial charge in [-0.3, -0.25) is 0 Å². The first-order chi connectivity index (χ1) is 9.11. The van der Waals surface area contributed by atoms with Crippen molar-refractivity contribution in [3.05, 3.63) is 70.8 Å². The molecule has 0 saturated carbocycles. The van der Waals surface area contributed by atoms with E-state index in [9.17, 15) is 8.78 Å². The van der Waals surface area contributed by atoms with Crippen LogP contribution in [0.3, 0.4) is 0 Å². The number of hydrogen-bond donors (Lipinski definition) is 1. The molecular weight excluding hydrogens is 244 g/mol. The van der Waals surface area contributed by atoms with Crippen molar-refractivity contribution >= 4 is 0 Å². The lowest BCUT2D eigenvalue weighted by molar-refractivity contribution is 0.419. The fourth-order valence-corrected chi connectivity index (χ4v) is 3.00. The minimum atomic E-state index is -0.855. The molecule has 1 atom stereocenters. The van der Waals surface area contributed by atoms with Crippen LogP contribution in [0.4, 0.5) is 8.78 Å². The summed E-state index contributed by atoms with van der Waals surface area (Å²) in [4.78, 5) is 0. The van der Waals surface area contributed by atoms with E-state index in [0.717, 1.165) is 30.0 Å². The molecule has 19 heavy (non-hydrogen) atoms. The molecule has 0 bridgehead atoms. The van der Waals surface area contributed by atoms with Crippen LogP contribution in [0, 0.1) is 11.6 Å². The molecule has 2 aromatic carbocycles. The summed E-state index contributed by atoms with van der Waals surface area (Å²) in [5.74, 6) is -1.15. The van der Waals surface area contributed by atoms with Gasteiger partial charge < -0.3 is 5.73 Å². The molecule has 0 spiro atoms. The second kappa shape index (κ2) is 4.42. The first-order valence-corrected chi connectivity index (χ1v) is 6.44. The van der Waals surface area contributed by atoms with Crippen LogP contribution in [-0.4, -0.2) is 0 Å². The van der Waals surface area contributed by atoms with Crippen LogP contribution in [0.15, 0.2) is 42.5 Å². The Hall–Kier alpha value is -1.74. The second-order valence-electron chi connectivity index (χ2n) is 5.11. The summed E-state index contributed by atoms with van der Waals surface area (Å²) in [5.41, 5.74) is 8.11. The first kappa shape index (κ1) is 12.3. The zero-order valence-corrected chi connectivity index (χ0v) is 10.5. The highest BCUT2D eigenvalue weighted by molar-refractivity contribution is 5.44. The molecule has 0 fully saturated rings. The van der Waals surface area contributed by atoms with Crippen LogP contribution in [0.5, 0.6) is 0 Å². The Kier molecular flexibility index (Phi) is 2.86. The van der Waals surface area contributed by atoms with Gasteiger partial charge in [-0.2, -0.15) is 0 Å². The fourth-order valence-electron chi connectivity index (χ4n) is 3.00. The van der Waals surface area contributed by atoms with E-state index >= 15 is 0 Å². The van der Waals surface area contributed by atoms with Crippen molar-refractivity contribution in [3.8, 4) is 0 Å². The smallest absolute Gasteiger partial charge is 0.131 e. The topological polar surface area (TPSA) is 26.0 Å². The summed E-state index contributed by atoms with van der Waals surface area (Å²) in [6, 6.07) is 11.5. The number of halogens is 2. The number of benzene rings is 2. The quantitative estimate of drug-likeness (QED) is 0.833. The molecule has 3 heteroatoms. The molecule has 0 aromatic heterocycles. The standard InChI is InChI=1S/C16H15F2N/c17-12-7-8-14(15(18)10-12)16(19)9-3-5-11-4-1-2-6-13(11)16/h1-2,4,6-8,10H,3,5,9,19H2. The molecule has 3 rings (SSSR count). The Bertz CT molecular complexity index is 624. The third-order valence-corrected chi connectivity index (χ3v) is 3.93. The Morgan fingerprint density at radius 3 is 2.58 bits per heavy atom. The minimum absolute atomic E-state index is 0.376. The number of fused-ring (bicyclic) bond motifs is 1. The van der Waals surface area contributed by atoms with Gasteiger partial charge in [-0.15, -0.1) is 0 Å². The summed E-state index contributed by atoms with van der Waals surface area (Å²) in [7, 11) is 0. The highest BCUT2D eigenvalue weighted by atomic mass is 19.1. The molecule has 2 aromatic rings. The van der Waals surface area contributed by atoms with E-state index in [2.05, 4.69) is 0 Å². The highest BCUT2D eigenvalue weighted by Gasteiger charge is 2.36. The van der Waals surface area contributed by atoms with Crippen LogP contribution in [0.25, 0.3) is 0 Å². The summed E-state index contributed by atoms with van der Waals surface area (Å²) in [6.45, 7) is 0. The monoisotopic (exact) mass is 259 g/mol. The minimum Gasteiger partial charge on any atom is -0.318 e. The van der Waals surface area contributed by atoms with Gasteiger partial charge in [-0.1, -0.05) is 30.3 Å². The van der Waals surface area contributed by atoms with E-state index in [-0.39, 0.29) is 0 Å². The van der Waals surface area contributed by atoms with Crippen LogP contribution in [0.1, 0.15) is 29.5 Å². The molecule has 1 aliphatic carbocycles. The number of nitrogens with two attached hydrogens (primary N) is 1. The third-order valence-electron chi connectivity index (χ3n) is 3.93. The van der Waals surface area contributed by atoms with E-state index in [1.165, 1.54) is 12.1 Å². The molecule has 0 radical (unpaired) electrons. The van der Waals surface area contributed by atoms with Crippen LogP contribution in [0.2, 0.25) is 0 Å². The van der Waals surface area contributed by atoms with Gasteiger partial charge >= 0.3 is 0 Å². The fraction of sp³-hybridized carbons (Fsp3) is 0.250. The first-order valence-electron chi connectivity index (χ1n) is 6.44. The average molecular weight is 259 g/mol. The summed E-state index contributed by atoms with van der Waals surface area (Å²) >= 11 is 0. The molecular formula is C16H15F2N. The SMILES string of the molecule is NC1(c2ccc(F)cc2F)CCCc2ccccc21. The van der Waals surface area contributed by atoms with Crippen molar-refractivity contribution in [2.75, 3.05) is 0 Å². The molecule has 2 N–H and O–H groups in total. The maximum Gasteiger partial charge on any atom is 0.131 e. The van der Waals surface area contributed by atoms with Crippen LogP contribution >= 0.6 is 0 Å². The van der Waals surface area contributed by atoms with Gasteiger partial charge in [-0.25, -0.2) is 8.78 Å². The summed E-state index contributed by atoms with van der Waals surface area (Å²) in [5, 5.41) is 0. The van der Waals surface area contributed by atoms with Gasteiger partial charge in [0, 0.05) is 11.6 Å². The van der Waals surface area contributed by atoms with Crippen molar-refractivity contribution in [2.24, 2.45) is 5.73 Å². The van der Waals surface area contributed by atoms with Gasteiger partial charge in [0.25, 0.3) is 0 Å². The van der Waals surface area contributed by atoms with Gasteiger partial charge in [0.2, 0.25) is 0 Å². The lowest BCUT2D eigenvalue weighted by Gasteiger charge is -2.36. The number of hydrogen-bond acceptors (Lipinski definition) is 1. The lowest BCUT2D eigenvalue weighted by atomic mass is 9.73. The van der Waals surface area contributed by atoms with E-state index < -0.39 is 17.2 Å². The van der Waals surface area contributed by atoms with E-state index in [0.29, 0.717) is 12.0 Å². The van der Waals surface area contributed by atoms with E-state index in [4.69, 9.17) is 5.73 Å². The van der Waals surface area contributed by atoms with Crippen molar-refractivity contribution in [2.45, 2.75) is 24.8 Å². The van der Waals surface area contributed by atoms with Crippen molar-refractivity contribution in [3.63, 3.8) is 0 Å². The summed E-state index contributed by atoms with van der Waals surface area (Å²) < 4.78 is 27.1. The van der Waals surface area contributed by atoms with Gasteiger partial charge in [0.15, 0.2) is 0 Å². The zero-order chi connectivity index (χ0) is 13.5. The third kappa shape index (κ3) is 1.94. The largest absolute Gasteiger partial charge is 0.318 e. The normalized spacial score (nSPS) is 22.1. The zero-order valence-electron chi connectivity index (χ0n) is 10.5. The number of rotatable bonds is 1. The predicted molar refractivity (Wildman–Crippen MR) is 70.7 cm³/mol. The second-order valence-corrected chi connectivity index (χ2v) is 5.11. The molecule has 1 unspecified atom stereocenters. The maximum atomic E-state index is 14.1. The Morgan fingerprint density at radius 2 is 1.79 bits per heavy atom. The molecule has 98 valence electrons. The molecule has 0 aliphatic heterocycles. The van der Waals surface area contributed by atoms with Gasteiger partial charge in [0.1, 0.15) is 11.6 Å². The average Bonchev–Trinajstić information content (AvgIpc) is 2.39. The maximum absolute atomic E-state index is 14.1. The van der Waals surface area contributed by atoms with Crippen molar-refractivity contribution in [1.29, 1.82) is 0 Å². The van der Waals surface area contributed by atoms with Gasteiger partial charge in [0.05, 0.1) is 5.54 Å². The van der Waals surface area contributed by atoms with Gasteiger partial charge in [-0.05, 0) is 36.5 Å². The molecule has 0 heterocycles. The molecule has 0 saturated heterocycles.